The molecule has 2 bridgehead atoms. The molecule has 1 aromatic heterocycles. The van der Waals surface area contributed by atoms with Gasteiger partial charge in [-0.2, -0.15) is 11.8 Å². The maximum atomic E-state index is 5.67. The Morgan fingerprint density at radius 3 is 3.08 bits per heavy atom. The van der Waals surface area contributed by atoms with Crippen LogP contribution >= 0.6 is 23.1 Å². The van der Waals surface area contributed by atoms with Crippen molar-refractivity contribution in [3.05, 3.63) is 6.20 Å². The fourth-order valence-electron chi connectivity index (χ4n) is 2.04. The molecule has 70 valence electrons. The van der Waals surface area contributed by atoms with Crippen LogP contribution in [0, 0.1) is 0 Å². The zero-order valence-corrected chi connectivity index (χ0v) is 8.77. The Balaban J connectivity index is 1.87. The van der Waals surface area contributed by atoms with Gasteiger partial charge in [-0.05, 0) is 6.42 Å². The molecule has 2 unspecified atom stereocenters. The number of rotatable bonds is 1. The van der Waals surface area contributed by atoms with Crippen molar-refractivity contribution in [2.24, 2.45) is 0 Å². The average Bonchev–Trinajstić information content (AvgIpc) is 2.77. The molecule has 2 N–H and O–H groups in total. The molecule has 5 heteroatoms. The first kappa shape index (κ1) is 7.94. The largest absolute Gasteiger partial charge is 0.389 e. The number of anilines is 2. The van der Waals surface area contributed by atoms with Crippen molar-refractivity contribution in [1.29, 1.82) is 0 Å². The first-order chi connectivity index (χ1) is 6.33. The summed E-state index contributed by atoms with van der Waals surface area (Å²) in [6.07, 6.45) is 3.10. The van der Waals surface area contributed by atoms with Crippen molar-refractivity contribution in [2.75, 3.05) is 22.9 Å². The smallest absolute Gasteiger partial charge is 0.187 e. The topological polar surface area (TPSA) is 42.1 Å². The van der Waals surface area contributed by atoms with Gasteiger partial charge in [0, 0.05) is 23.6 Å². The predicted octanol–water partition coefficient (Wildman–Crippen LogP) is 1.42. The molecular formula is C8H11N3S2. The van der Waals surface area contributed by atoms with Gasteiger partial charge in [0.15, 0.2) is 5.13 Å². The molecule has 3 rings (SSSR count). The minimum Gasteiger partial charge on any atom is -0.389 e. The van der Waals surface area contributed by atoms with Crippen LogP contribution in [0.5, 0.6) is 0 Å². The van der Waals surface area contributed by atoms with Gasteiger partial charge in [-0.1, -0.05) is 11.3 Å². The van der Waals surface area contributed by atoms with Crippen LogP contribution in [0.2, 0.25) is 0 Å². The van der Waals surface area contributed by atoms with Crippen LogP contribution in [0.3, 0.4) is 0 Å². The van der Waals surface area contributed by atoms with Gasteiger partial charge in [0.25, 0.3) is 0 Å². The second-order valence-electron chi connectivity index (χ2n) is 3.54. The molecule has 0 saturated carbocycles. The molecule has 3 heterocycles. The second kappa shape index (κ2) is 2.78. The van der Waals surface area contributed by atoms with Crippen molar-refractivity contribution >= 4 is 33.2 Å². The Bertz CT molecular complexity index is 325. The van der Waals surface area contributed by atoms with Gasteiger partial charge >= 0.3 is 0 Å². The van der Waals surface area contributed by atoms with Crippen molar-refractivity contribution < 1.29 is 0 Å². The van der Waals surface area contributed by atoms with E-state index in [0.29, 0.717) is 0 Å². The summed E-state index contributed by atoms with van der Waals surface area (Å²) in [7, 11) is 0. The van der Waals surface area contributed by atoms with Gasteiger partial charge in [-0.3, -0.25) is 0 Å². The summed E-state index contributed by atoms with van der Waals surface area (Å²) in [6, 6.07) is 0.723. The van der Waals surface area contributed by atoms with E-state index in [0.717, 1.165) is 21.4 Å². The summed E-state index contributed by atoms with van der Waals surface area (Å²) in [5.41, 5.74) is 5.67. The van der Waals surface area contributed by atoms with E-state index in [-0.39, 0.29) is 0 Å². The minimum absolute atomic E-state index is 0.723. The lowest BCUT2D eigenvalue weighted by atomic mass is 10.2. The monoisotopic (exact) mass is 213 g/mol. The highest BCUT2D eigenvalue weighted by atomic mass is 32.2. The van der Waals surface area contributed by atoms with Gasteiger partial charge in [0.2, 0.25) is 0 Å². The van der Waals surface area contributed by atoms with Gasteiger partial charge in [0.1, 0.15) is 5.00 Å². The number of fused-ring (bicyclic) bond motifs is 2. The highest BCUT2D eigenvalue weighted by Gasteiger charge is 2.39. The van der Waals surface area contributed by atoms with E-state index >= 15 is 0 Å². The van der Waals surface area contributed by atoms with Crippen LogP contribution in [0.4, 0.5) is 10.1 Å². The zero-order valence-electron chi connectivity index (χ0n) is 7.14. The molecule has 2 aliphatic heterocycles. The van der Waals surface area contributed by atoms with E-state index in [1.54, 1.807) is 17.5 Å². The summed E-state index contributed by atoms with van der Waals surface area (Å²) in [6.45, 7) is 1.17. The third-order valence-corrected chi connectivity index (χ3v) is 4.91. The highest BCUT2D eigenvalue weighted by Crippen LogP contribution is 2.41. The molecule has 3 nitrogen and oxygen atoms in total. The third-order valence-electron chi connectivity index (χ3n) is 2.66. The van der Waals surface area contributed by atoms with Crippen LogP contribution in [-0.4, -0.2) is 28.6 Å². The maximum Gasteiger partial charge on any atom is 0.187 e. The SMILES string of the molecule is Nc1cnc(N2CC3CC2CS3)s1. The summed E-state index contributed by atoms with van der Waals surface area (Å²) in [5.74, 6) is 1.27. The van der Waals surface area contributed by atoms with Crippen LogP contribution < -0.4 is 10.6 Å². The maximum absolute atomic E-state index is 5.67. The fourth-order valence-corrected chi connectivity index (χ4v) is 4.24. The van der Waals surface area contributed by atoms with Crippen molar-refractivity contribution in [2.45, 2.75) is 17.7 Å². The summed E-state index contributed by atoms with van der Waals surface area (Å²) >= 11 is 3.71. The van der Waals surface area contributed by atoms with E-state index in [1.807, 2.05) is 0 Å². The van der Waals surface area contributed by atoms with E-state index in [9.17, 15) is 0 Å². The Labute approximate surface area is 85.3 Å². The van der Waals surface area contributed by atoms with Crippen LogP contribution in [-0.2, 0) is 0 Å². The number of thioether (sulfide) groups is 1. The lowest BCUT2D eigenvalue weighted by Crippen LogP contribution is -2.33. The number of nitrogen functional groups attached to an aromatic ring is 1. The highest BCUT2D eigenvalue weighted by molar-refractivity contribution is 8.00. The number of hydrogen-bond acceptors (Lipinski definition) is 5. The summed E-state index contributed by atoms with van der Waals surface area (Å²) in [4.78, 5) is 6.75. The molecule has 0 radical (unpaired) electrons. The lowest BCUT2D eigenvalue weighted by Gasteiger charge is -2.25. The third kappa shape index (κ3) is 1.21. The second-order valence-corrected chi connectivity index (χ2v) is 5.92. The molecule has 2 fully saturated rings. The number of nitrogens with two attached hydrogens (primary N) is 1. The van der Waals surface area contributed by atoms with E-state index in [4.69, 9.17) is 5.73 Å². The van der Waals surface area contributed by atoms with E-state index in [1.165, 1.54) is 18.7 Å². The number of thiazole rings is 1. The fraction of sp³-hybridized carbons (Fsp3) is 0.625. The molecule has 0 spiro atoms. The Kier molecular flexibility index (Phi) is 1.70. The Morgan fingerprint density at radius 1 is 1.62 bits per heavy atom. The van der Waals surface area contributed by atoms with Gasteiger partial charge in [-0.15, -0.1) is 0 Å². The van der Waals surface area contributed by atoms with Crippen LogP contribution in [0.25, 0.3) is 0 Å². The van der Waals surface area contributed by atoms with Gasteiger partial charge < -0.3 is 10.6 Å². The molecular weight excluding hydrogens is 202 g/mol. The lowest BCUT2D eigenvalue weighted by molar-refractivity contribution is 0.760. The van der Waals surface area contributed by atoms with Gasteiger partial charge in [0.05, 0.1) is 6.20 Å². The van der Waals surface area contributed by atoms with Gasteiger partial charge in [-0.25, -0.2) is 4.98 Å². The van der Waals surface area contributed by atoms with Crippen LogP contribution in [0.1, 0.15) is 6.42 Å². The quantitative estimate of drug-likeness (QED) is 0.766. The van der Waals surface area contributed by atoms with Crippen molar-refractivity contribution in [1.82, 2.24) is 4.98 Å². The first-order valence-corrected chi connectivity index (χ1v) is 6.29. The van der Waals surface area contributed by atoms with Crippen LogP contribution in [0.15, 0.2) is 6.20 Å². The summed E-state index contributed by atoms with van der Waals surface area (Å²) in [5, 5.41) is 2.78. The minimum atomic E-state index is 0.723. The first-order valence-electron chi connectivity index (χ1n) is 4.42. The molecule has 2 atom stereocenters. The molecule has 1 aromatic rings. The van der Waals surface area contributed by atoms with E-state index in [2.05, 4.69) is 21.6 Å². The normalized spacial score (nSPS) is 31.5. The van der Waals surface area contributed by atoms with Crippen molar-refractivity contribution in [3.63, 3.8) is 0 Å². The average molecular weight is 213 g/mol. The van der Waals surface area contributed by atoms with E-state index < -0.39 is 0 Å². The predicted molar refractivity (Wildman–Crippen MR) is 58.5 cm³/mol. The Morgan fingerprint density at radius 2 is 2.54 bits per heavy atom. The summed E-state index contributed by atoms with van der Waals surface area (Å²) < 4.78 is 0. The molecule has 13 heavy (non-hydrogen) atoms. The Hall–Kier alpha value is -0.420. The molecule has 2 aliphatic rings. The molecule has 0 amide bonds. The van der Waals surface area contributed by atoms with Crippen molar-refractivity contribution in [3.8, 4) is 0 Å². The number of aromatic nitrogens is 1. The molecule has 0 aliphatic carbocycles. The molecule has 2 saturated heterocycles. The number of hydrogen-bond donors (Lipinski definition) is 1. The standard InChI is InChI=1S/C8H11N3S2/c9-7-2-10-8(13-7)11-3-6-1-5(11)4-12-6/h2,5-6H,1,3-4,9H2. The number of nitrogens with zero attached hydrogens (tertiary/aromatic N) is 2. The molecule has 0 aromatic carbocycles. The zero-order chi connectivity index (χ0) is 8.84.